The van der Waals surface area contributed by atoms with Crippen LogP contribution in [0.25, 0.3) is 0 Å². The van der Waals surface area contributed by atoms with Gasteiger partial charge in [0.05, 0.1) is 0 Å². The summed E-state index contributed by atoms with van der Waals surface area (Å²) in [7, 11) is 0. The predicted octanol–water partition coefficient (Wildman–Crippen LogP) is 4.70. The van der Waals surface area contributed by atoms with Gasteiger partial charge < -0.3 is 10.6 Å². The third kappa shape index (κ3) is 3.10. The van der Waals surface area contributed by atoms with Gasteiger partial charge in [0.2, 0.25) is 0 Å². The second-order valence-electron chi connectivity index (χ2n) is 11.4. The molecule has 0 aromatic rings. The number of nitrogens with one attached hydrogen (secondary N) is 2. The van der Waals surface area contributed by atoms with Crippen LogP contribution in [0.2, 0.25) is 0 Å². The van der Waals surface area contributed by atoms with Crippen LogP contribution in [0.1, 0.15) is 73.1 Å². The fourth-order valence-corrected chi connectivity index (χ4v) is 7.32. The molecule has 2 heteroatoms. The third-order valence-corrected chi connectivity index (χ3v) is 9.59. The molecule has 6 aliphatic carbocycles. The van der Waals surface area contributed by atoms with Gasteiger partial charge in [-0.1, -0.05) is 27.7 Å². The first-order chi connectivity index (χ1) is 11.8. The van der Waals surface area contributed by atoms with E-state index in [4.69, 9.17) is 0 Å². The van der Waals surface area contributed by atoms with E-state index in [0.717, 1.165) is 42.1 Å². The van der Waals surface area contributed by atoms with Crippen LogP contribution in [-0.2, 0) is 0 Å². The van der Waals surface area contributed by atoms with E-state index in [2.05, 4.69) is 45.3 Å². The molecule has 25 heavy (non-hydrogen) atoms. The summed E-state index contributed by atoms with van der Waals surface area (Å²) in [6, 6.07) is 0.603. The summed E-state index contributed by atoms with van der Waals surface area (Å²) in [6.07, 6.45) is 8.89. The molecule has 0 aromatic carbocycles. The molecule has 0 amide bonds. The molecule has 0 aromatic heterocycles. The minimum Gasteiger partial charge on any atom is -0.315 e. The molecule has 0 spiro atoms. The summed E-state index contributed by atoms with van der Waals surface area (Å²) in [6.45, 7) is 16.0. The lowest BCUT2D eigenvalue weighted by Crippen LogP contribution is -2.55. The summed E-state index contributed by atoms with van der Waals surface area (Å²) in [5.74, 6) is 5.87. The van der Waals surface area contributed by atoms with Crippen molar-refractivity contribution in [2.45, 2.75) is 79.2 Å². The average Bonchev–Trinajstić information content (AvgIpc) is 2.60. The summed E-state index contributed by atoms with van der Waals surface area (Å²) >= 11 is 0. The van der Waals surface area contributed by atoms with Gasteiger partial charge in [-0.25, -0.2) is 0 Å². The van der Waals surface area contributed by atoms with Gasteiger partial charge in [0.1, 0.15) is 0 Å². The van der Waals surface area contributed by atoms with E-state index in [1.807, 2.05) is 0 Å². The summed E-state index contributed by atoms with van der Waals surface area (Å²) in [5, 5.41) is 7.67. The van der Waals surface area contributed by atoms with Crippen molar-refractivity contribution in [3.05, 3.63) is 0 Å². The fraction of sp³-hybridized carbons (Fsp3) is 1.00. The second-order valence-corrected chi connectivity index (χ2v) is 11.4. The predicted molar refractivity (Wildman–Crippen MR) is 107 cm³/mol. The lowest BCUT2D eigenvalue weighted by atomic mass is 9.45. The van der Waals surface area contributed by atoms with E-state index >= 15 is 0 Å². The number of hydrogen-bond donors (Lipinski definition) is 2. The van der Waals surface area contributed by atoms with Crippen molar-refractivity contribution in [2.75, 3.05) is 19.6 Å². The number of hydrogen-bond acceptors (Lipinski definition) is 2. The molecule has 0 aliphatic heterocycles. The Morgan fingerprint density at radius 2 is 1.32 bits per heavy atom. The van der Waals surface area contributed by atoms with Crippen LogP contribution in [0.15, 0.2) is 0 Å². The Bertz CT molecular complexity index is 478. The molecular formula is C23H42N2. The maximum atomic E-state index is 3.86. The Kier molecular flexibility index (Phi) is 4.77. The van der Waals surface area contributed by atoms with Crippen LogP contribution in [0.5, 0.6) is 0 Å². The lowest BCUT2D eigenvalue weighted by molar-refractivity contribution is -0.104. The third-order valence-electron chi connectivity index (χ3n) is 9.59. The van der Waals surface area contributed by atoms with Crippen LogP contribution in [0.4, 0.5) is 0 Å². The first kappa shape index (κ1) is 18.3. The van der Waals surface area contributed by atoms with E-state index < -0.39 is 0 Å². The van der Waals surface area contributed by atoms with E-state index in [-0.39, 0.29) is 0 Å². The second kappa shape index (κ2) is 6.51. The molecule has 0 radical (unpaired) electrons. The van der Waals surface area contributed by atoms with Gasteiger partial charge in [0.25, 0.3) is 0 Å². The smallest absolute Gasteiger partial charge is 0.0164 e. The molecule has 2 N–H and O–H groups in total. The van der Waals surface area contributed by atoms with E-state index in [1.54, 1.807) is 0 Å². The average molecular weight is 347 g/mol. The maximum absolute atomic E-state index is 3.86. The molecule has 6 aliphatic rings. The topological polar surface area (TPSA) is 24.1 Å². The van der Waals surface area contributed by atoms with Crippen LogP contribution < -0.4 is 10.6 Å². The zero-order chi connectivity index (χ0) is 17.8. The Hall–Kier alpha value is -0.0800. The highest BCUT2D eigenvalue weighted by atomic mass is 15.0. The number of fused-ring (bicyclic) bond motifs is 4. The Labute approximate surface area is 156 Å². The molecule has 5 unspecified atom stereocenters. The molecular weight excluding hydrogens is 304 g/mol. The van der Waals surface area contributed by atoms with Crippen molar-refractivity contribution in [3.63, 3.8) is 0 Å². The summed E-state index contributed by atoms with van der Waals surface area (Å²) in [4.78, 5) is 0. The minimum absolute atomic E-state index is 0.603. The van der Waals surface area contributed by atoms with Crippen molar-refractivity contribution in [2.24, 2.45) is 46.3 Å². The maximum Gasteiger partial charge on any atom is 0.0164 e. The SMILES string of the molecule is CC(CNCC1CCC2CC1C2(C)C)NCC1CC[C@H]2C[C@@H]1C2(C)C. The van der Waals surface area contributed by atoms with Gasteiger partial charge in [0.15, 0.2) is 0 Å². The molecule has 6 rings (SSSR count). The highest BCUT2D eigenvalue weighted by Gasteiger charge is 2.54. The minimum atomic E-state index is 0.603. The monoisotopic (exact) mass is 346 g/mol. The molecule has 0 saturated heterocycles. The van der Waals surface area contributed by atoms with Crippen LogP contribution in [0, 0.1) is 46.3 Å². The first-order valence-electron chi connectivity index (χ1n) is 11.2. The van der Waals surface area contributed by atoms with Gasteiger partial charge in [-0.05, 0) is 105 Å². The Morgan fingerprint density at radius 1 is 0.800 bits per heavy atom. The zero-order valence-electron chi connectivity index (χ0n) is 17.4. The van der Waals surface area contributed by atoms with Gasteiger partial charge in [-0.3, -0.25) is 0 Å². The normalized spacial score (nSPS) is 44.5. The largest absolute Gasteiger partial charge is 0.315 e. The van der Waals surface area contributed by atoms with Gasteiger partial charge in [-0.2, -0.15) is 0 Å². The van der Waals surface area contributed by atoms with Crippen molar-refractivity contribution < 1.29 is 0 Å². The molecule has 2 nitrogen and oxygen atoms in total. The van der Waals surface area contributed by atoms with Crippen molar-refractivity contribution >= 4 is 0 Å². The molecule has 4 bridgehead atoms. The summed E-state index contributed by atoms with van der Waals surface area (Å²) in [5.41, 5.74) is 1.25. The fourth-order valence-electron chi connectivity index (χ4n) is 7.32. The van der Waals surface area contributed by atoms with Crippen LogP contribution in [-0.4, -0.2) is 25.7 Å². The van der Waals surface area contributed by atoms with Crippen LogP contribution in [0.3, 0.4) is 0 Å². The standard InChI is InChI=1S/C23H42N2/c1-15(25-14-17-7-9-19-11-21(17)23(19,4)5)12-24-13-16-6-8-18-10-20(16)22(18,2)3/h15-21,24-25H,6-14H2,1-5H3/t15?,16?,17?,18?,19-,20?,21-/m0/s1. The van der Waals surface area contributed by atoms with Crippen molar-refractivity contribution in [3.8, 4) is 0 Å². The highest BCUT2D eigenvalue weighted by Crippen LogP contribution is 2.62. The molecule has 6 saturated carbocycles. The molecule has 144 valence electrons. The number of rotatable bonds is 7. The van der Waals surface area contributed by atoms with Crippen molar-refractivity contribution in [1.29, 1.82) is 0 Å². The Morgan fingerprint density at radius 3 is 1.80 bits per heavy atom. The molecule has 6 fully saturated rings. The van der Waals surface area contributed by atoms with E-state index in [9.17, 15) is 0 Å². The van der Waals surface area contributed by atoms with Gasteiger partial charge in [0, 0.05) is 12.6 Å². The molecule has 7 atom stereocenters. The summed E-state index contributed by atoms with van der Waals surface area (Å²) < 4.78 is 0. The lowest BCUT2D eigenvalue weighted by Gasteiger charge is -2.60. The van der Waals surface area contributed by atoms with E-state index in [0.29, 0.717) is 16.9 Å². The molecule has 0 heterocycles. The van der Waals surface area contributed by atoms with Crippen LogP contribution >= 0.6 is 0 Å². The van der Waals surface area contributed by atoms with Gasteiger partial charge in [-0.15, -0.1) is 0 Å². The van der Waals surface area contributed by atoms with Crippen molar-refractivity contribution in [1.82, 2.24) is 10.6 Å². The first-order valence-corrected chi connectivity index (χ1v) is 11.2. The Balaban J connectivity index is 1.15. The van der Waals surface area contributed by atoms with E-state index in [1.165, 1.54) is 51.6 Å². The quantitative estimate of drug-likeness (QED) is 0.698. The van der Waals surface area contributed by atoms with Gasteiger partial charge >= 0.3 is 0 Å². The highest BCUT2D eigenvalue weighted by molar-refractivity contribution is 5.04. The zero-order valence-corrected chi connectivity index (χ0v) is 17.4.